The number of carbonyl (C=O) groups is 2. The summed E-state index contributed by atoms with van der Waals surface area (Å²) in [5.74, 6) is -1.98. The van der Waals surface area contributed by atoms with E-state index >= 15 is 0 Å². The summed E-state index contributed by atoms with van der Waals surface area (Å²) in [5.41, 5.74) is -0.445. The lowest BCUT2D eigenvalue weighted by molar-refractivity contribution is -0.151. The number of carboxylic acids is 2. The molecule has 0 amide bonds. The van der Waals surface area contributed by atoms with E-state index in [9.17, 15) is 19.8 Å². The average Bonchev–Trinajstić information content (AvgIpc) is 2.65. The van der Waals surface area contributed by atoms with Crippen molar-refractivity contribution >= 4 is 23.3 Å². The summed E-state index contributed by atoms with van der Waals surface area (Å²) in [6.07, 6.45) is 1.99. The number of aliphatic carboxylic acids is 2. The molecule has 2 fully saturated rings. The molecule has 1 aromatic rings. The van der Waals surface area contributed by atoms with Crippen molar-refractivity contribution in [1.29, 1.82) is 0 Å². The molecule has 1 aromatic heterocycles. The Balaban J connectivity index is 1.80. The van der Waals surface area contributed by atoms with Gasteiger partial charge in [0.2, 0.25) is 0 Å². The predicted molar refractivity (Wildman–Crippen MR) is 62.1 cm³/mol. The SMILES string of the molecule is O=C(O)[C@@]12CN(Cc3cncs3)C[C@]1(C(=O)O)C2. The summed E-state index contributed by atoms with van der Waals surface area (Å²) in [4.78, 5) is 29.5. The van der Waals surface area contributed by atoms with Crippen LogP contribution in [0, 0.1) is 10.8 Å². The Hall–Kier alpha value is -1.47. The minimum atomic E-state index is -1.08. The van der Waals surface area contributed by atoms with Gasteiger partial charge in [-0.15, -0.1) is 11.3 Å². The van der Waals surface area contributed by atoms with Crippen molar-refractivity contribution < 1.29 is 19.8 Å². The summed E-state index contributed by atoms with van der Waals surface area (Å²) in [7, 11) is 0. The molecule has 1 aliphatic carbocycles. The molecule has 7 heteroatoms. The number of thiazole rings is 1. The molecular weight excluding hydrogens is 256 g/mol. The average molecular weight is 268 g/mol. The molecule has 96 valence electrons. The molecule has 0 unspecified atom stereocenters. The van der Waals surface area contributed by atoms with Gasteiger partial charge in [-0.05, 0) is 6.42 Å². The summed E-state index contributed by atoms with van der Waals surface area (Å²) >= 11 is 1.49. The van der Waals surface area contributed by atoms with E-state index in [1.165, 1.54) is 11.3 Å². The second-order valence-electron chi connectivity index (χ2n) is 5.06. The zero-order valence-corrected chi connectivity index (χ0v) is 10.3. The highest BCUT2D eigenvalue weighted by Gasteiger charge is 2.80. The first-order chi connectivity index (χ1) is 8.50. The first-order valence-corrected chi connectivity index (χ1v) is 6.45. The molecule has 1 saturated carbocycles. The van der Waals surface area contributed by atoms with E-state index in [-0.39, 0.29) is 6.42 Å². The highest BCUT2D eigenvalue weighted by Crippen LogP contribution is 2.68. The van der Waals surface area contributed by atoms with Gasteiger partial charge in [0, 0.05) is 30.7 Å². The summed E-state index contributed by atoms with van der Waals surface area (Å²) in [6, 6.07) is 0. The van der Waals surface area contributed by atoms with Crippen LogP contribution >= 0.6 is 11.3 Å². The molecular formula is C11H12N2O4S. The van der Waals surface area contributed by atoms with Crippen LogP contribution in [0.3, 0.4) is 0 Å². The number of carboxylic acid groups (broad SMARTS) is 2. The van der Waals surface area contributed by atoms with Crippen LogP contribution in [0.4, 0.5) is 0 Å². The maximum Gasteiger partial charge on any atom is 0.312 e. The Morgan fingerprint density at radius 2 is 1.94 bits per heavy atom. The van der Waals surface area contributed by atoms with Crippen LogP contribution in [0.5, 0.6) is 0 Å². The third-order valence-electron chi connectivity index (χ3n) is 4.06. The van der Waals surface area contributed by atoms with E-state index in [2.05, 4.69) is 4.98 Å². The van der Waals surface area contributed by atoms with E-state index in [1.54, 1.807) is 11.7 Å². The zero-order chi connectivity index (χ0) is 13.0. The number of piperidine rings is 1. The van der Waals surface area contributed by atoms with E-state index in [0.717, 1.165) is 4.88 Å². The third kappa shape index (κ3) is 1.34. The summed E-state index contributed by atoms with van der Waals surface area (Å²) in [6.45, 7) is 1.20. The van der Waals surface area contributed by atoms with Gasteiger partial charge >= 0.3 is 11.9 Å². The van der Waals surface area contributed by atoms with Crippen molar-refractivity contribution in [3.8, 4) is 0 Å². The first kappa shape index (κ1) is 11.6. The molecule has 0 bridgehead atoms. The lowest BCUT2D eigenvalue weighted by Gasteiger charge is -2.18. The van der Waals surface area contributed by atoms with Crippen molar-refractivity contribution in [3.05, 3.63) is 16.6 Å². The van der Waals surface area contributed by atoms with Crippen molar-refractivity contribution in [2.75, 3.05) is 13.1 Å². The molecule has 0 spiro atoms. The van der Waals surface area contributed by atoms with Gasteiger partial charge in [0.25, 0.3) is 0 Å². The minimum absolute atomic E-state index is 0.254. The monoisotopic (exact) mass is 268 g/mol. The van der Waals surface area contributed by atoms with Crippen LogP contribution in [0.2, 0.25) is 0 Å². The Bertz CT molecular complexity index is 489. The number of hydrogen-bond acceptors (Lipinski definition) is 5. The molecule has 2 atom stereocenters. The van der Waals surface area contributed by atoms with Crippen LogP contribution in [0.1, 0.15) is 11.3 Å². The normalized spacial score (nSPS) is 34.2. The van der Waals surface area contributed by atoms with Gasteiger partial charge in [-0.2, -0.15) is 0 Å². The third-order valence-corrected chi connectivity index (χ3v) is 4.83. The molecule has 2 N–H and O–H groups in total. The highest BCUT2D eigenvalue weighted by atomic mass is 32.1. The van der Waals surface area contributed by atoms with Gasteiger partial charge in [-0.3, -0.25) is 19.5 Å². The molecule has 1 aliphatic heterocycles. The fraction of sp³-hybridized carbons (Fsp3) is 0.545. The molecule has 1 saturated heterocycles. The van der Waals surface area contributed by atoms with Crippen molar-refractivity contribution in [2.45, 2.75) is 13.0 Å². The summed E-state index contributed by atoms with van der Waals surface area (Å²) in [5, 5.41) is 18.5. The second-order valence-corrected chi connectivity index (χ2v) is 6.04. The fourth-order valence-corrected chi connectivity index (χ4v) is 3.69. The van der Waals surface area contributed by atoms with Crippen molar-refractivity contribution in [2.24, 2.45) is 10.8 Å². The van der Waals surface area contributed by atoms with Gasteiger partial charge in [0.05, 0.1) is 16.3 Å². The number of hydrogen-bond donors (Lipinski definition) is 2. The zero-order valence-electron chi connectivity index (χ0n) is 9.50. The van der Waals surface area contributed by atoms with E-state index in [4.69, 9.17) is 0 Å². The van der Waals surface area contributed by atoms with Crippen LogP contribution in [0.15, 0.2) is 11.7 Å². The summed E-state index contributed by atoms with van der Waals surface area (Å²) < 4.78 is 0. The van der Waals surface area contributed by atoms with Crippen LogP contribution < -0.4 is 0 Å². The fourth-order valence-electron chi connectivity index (χ4n) is 3.05. The van der Waals surface area contributed by atoms with Gasteiger partial charge < -0.3 is 10.2 Å². The van der Waals surface area contributed by atoms with Gasteiger partial charge in [0.15, 0.2) is 0 Å². The van der Waals surface area contributed by atoms with Crippen molar-refractivity contribution in [1.82, 2.24) is 9.88 Å². The van der Waals surface area contributed by atoms with Crippen LogP contribution in [-0.4, -0.2) is 45.1 Å². The van der Waals surface area contributed by atoms with Crippen molar-refractivity contribution in [3.63, 3.8) is 0 Å². The Morgan fingerprint density at radius 3 is 2.39 bits per heavy atom. The van der Waals surface area contributed by atoms with E-state index < -0.39 is 22.8 Å². The lowest BCUT2D eigenvalue weighted by atomic mass is 9.97. The molecule has 2 aliphatic rings. The predicted octanol–water partition coefficient (Wildman–Crippen LogP) is 0.504. The smallest absolute Gasteiger partial charge is 0.312 e. The van der Waals surface area contributed by atoms with Gasteiger partial charge in [0.1, 0.15) is 0 Å². The number of fused-ring (bicyclic) bond motifs is 1. The number of aromatic nitrogens is 1. The molecule has 0 aromatic carbocycles. The molecule has 3 rings (SSSR count). The van der Waals surface area contributed by atoms with Gasteiger partial charge in [-0.1, -0.05) is 0 Å². The molecule has 18 heavy (non-hydrogen) atoms. The standard InChI is InChI=1S/C11H12N2O4S/c14-8(15)10-3-11(10,9(16)17)5-13(4-10)2-7-1-12-6-18-7/h1,6H,2-5H2,(H,14,15)(H,16,17)/t10-,11+. The maximum atomic E-state index is 11.3. The second kappa shape index (κ2) is 3.52. The number of likely N-dealkylation sites (tertiary alicyclic amines) is 1. The van der Waals surface area contributed by atoms with Crippen LogP contribution in [0.25, 0.3) is 0 Å². The number of nitrogens with zero attached hydrogens (tertiary/aromatic N) is 2. The molecule has 2 heterocycles. The minimum Gasteiger partial charge on any atom is -0.481 e. The quantitative estimate of drug-likeness (QED) is 0.826. The Morgan fingerprint density at radius 1 is 1.33 bits per heavy atom. The largest absolute Gasteiger partial charge is 0.481 e. The lowest BCUT2D eigenvalue weighted by Crippen LogP contribution is -2.28. The highest BCUT2D eigenvalue weighted by molar-refractivity contribution is 7.09. The molecule has 0 radical (unpaired) electrons. The van der Waals surface area contributed by atoms with E-state index in [0.29, 0.717) is 19.6 Å². The Labute approximate surface area is 107 Å². The van der Waals surface area contributed by atoms with Gasteiger partial charge in [-0.25, -0.2) is 0 Å². The maximum absolute atomic E-state index is 11.3. The number of rotatable bonds is 4. The Kier molecular flexibility index (Phi) is 2.27. The first-order valence-electron chi connectivity index (χ1n) is 5.57. The van der Waals surface area contributed by atoms with Crippen LogP contribution in [-0.2, 0) is 16.1 Å². The molecule has 6 nitrogen and oxygen atoms in total. The van der Waals surface area contributed by atoms with E-state index in [1.807, 2.05) is 4.90 Å². The topological polar surface area (TPSA) is 90.7 Å².